The van der Waals surface area contributed by atoms with Crippen LogP contribution in [0.5, 0.6) is 0 Å². The second kappa shape index (κ2) is 7.50. The molecule has 5 nitrogen and oxygen atoms in total. The van der Waals surface area contributed by atoms with Crippen LogP contribution < -0.4 is 10.7 Å². The molecular formula is C17H18F3N3O2. The number of aryl methyl sites for hydroxylation is 1. The van der Waals surface area contributed by atoms with Gasteiger partial charge in [-0.25, -0.2) is 4.68 Å². The van der Waals surface area contributed by atoms with Crippen molar-refractivity contribution in [1.29, 1.82) is 0 Å². The van der Waals surface area contributed by atoms with E-state index in [4.69, 9.17) is 0 Å². The fraction of sp³-hybridized carbons (Fsp3) is 0.353. The molecule has 0 aliphatic carbocycles. The lowest BCUT2D eigenvalue weighted by Gasteiger charge is -2.13. The van der Waals surface area contributed by atoms with Crippen LogP contribution in [0.15, 0.2) is 35.1 Å². The van der Waals surface area contributed by atoms with E-state index in [-0.39, 0.29) is 11.4 Å². The van der Waals surface area contributed by atoms with Crippen LogP contribution in [0.1, 0.15) is 41.5 Å². The number of alkyl halides is 3. The minimum atomic E-state index is -4.50. The van der Waals surface area contributed by atoms with Crippen LogP contribution in [0, 0.1) is 6.92 Å². The summed E-state index contributed by atoms with van der Waals surface area (Å²) in [6.45, 7) is 3.89. The summed E-state index contributed by atoms with van der Waals surface area (Å²) in [6.07, 6.45) is -2.88. The van der Waals surface area contributed by atoms with Crippen LogP contribution in [-0.4, -0.2) is 22.2 Å². The van der Waals surface area contributed by atoms with Gasteiger partial charge in [0.25, 0.3) is 5.91 Å². The van der Waals surface area contributed by atoms with Gasteiger partial charge in [0.15, 0.2) is 5.69 Å². The average molecular weight is 353 g/mol. The quantitative estimate of drug-likeness (QED) is 0.840. The summed E-state index contributed by atoms with van der Waals surface area (Å²) >= 11 is 0. The van der Waals surface area contributed by atoms with Crippen LogP contribution in [0.25, 0.3) is 5.69 Å². The highest BCUT2D eigenvalue weighted by atomic mass is 19.4. The molecule has 2 rings (SSSR count). The largest absolute Gasteiger partial charge is 0.416 e. The number of amides is 1. The molecular weight excluding hydrogens is 335 g/mol. The highest BCUT2D eigenvalue weighted by Crippen LogP contribution is 2.30. The molecule has 0 aliphatic heterocycles. The summed E-state index contributed by atoms with van der Waals surface area (Å²) in [5, 5.41) is 6.55. The molecule has 0 radical (unpaired) electrons. The first-order chi connectivity index (χ1) is 11.7. The molecule has 1 N–H and O–H groups in total. The Morgan fingerprint density at radius 2 is 2.00 bits per heavy atom. The van der Waals surface area contributed by atoms with E-state index in [2.05, 4.69) is 10.4 Å². The molecule has 1 aromatic heterocycles. The molecule has 0 saturated carbocycles. The Balaban J connectivity index is 2.44. The van der Waals surface area contributed by atoms with Gasteiger partial charge in [-0.15, -0.1) is 0 Å². The SMILES string of the molecule is CCCCNC(=O)c1nn(-c2cccc(C(F)(F)F)c2)c(C)cc1=O. The summed E-state index contributed by atoms with van der Waals surface area (Å²) in [4.78, 5) is 24.1. The minimum Gasteiger partial charge on any atom is -0.351 e. The molecule has 0 unspecified atom stereocenters. The smallest absolute Gasteiger partial charge is 0.351 e. The van der Waals surface area contributed by atoms with Crippen LogP contribution in [0.2, 0.25) is 0 Å². The number of nitrogens with zero attached hydrogens (tertiary/aromatic N) is 2. The van der Waals surface area contributed by atoms with Crippen molar-refractivity contribution in [2.75, 3.05) is 6.54 Å². The second-order valence-electron chi connectivity index (χ2n) is 5.57. The summed E-state index contributed by atoms with van der Waals surface area (Å²) in [7, 11) is 0. The molecule has 1 heterocycles. The highest BCUT2D eigenvalue weighted by molar-refractivity contribution is 5.92. The molecule has 134 valence electrons. The molecule has 8 heteroatoms. The van der Waals surface area contributed by atoms with E-state index in [1.807, 2.05) is 6.92 Å². The van der Waals surface area contributed by atoms with Crippen molar-refractivity contribution in [1.82, 2.24) is 15.1 Å². The predicted molar refractivity (Wildman–Crippen MR) is 86.8 cm³/mol. The maximum atomic E-state index is 12.9. The van der Waals surface area contributed by atoms with Gasteiger partial charge < -0.3 is 5.32 Å². The van der Waals surface area contributed by atoms with E-state index in [1.54, 1.807) is 0 Å². The van der Waals surface area contributed by atoms with E-state index in [0.717, 1.165) is 29.7 Å². The number of halogens is 3. The van der Waals surface area contributed by atoms with Gasteiger partial charge in [0.1, 0.15) is 0 Å². The summed E-state index contributed by atoms with van der Waals surface area (Å²) in [6, 6.07) is 5.72. The fourth-order valence-corrected chi connectivity index (χ4v) is 2.24. The highest BCUT2D eigenvalue weighted by Gasteiger charge is 2.30. The van der Waals surface area contributed by atoms with Crippen LogP contribution in [-0.2, 0) is 6.18 Å². The Morgan fingerprint density at radius 3 is 2.64 bits per heavy atom. The van der Waals surface area contributed by atoms with Crippen LogP contribution in [0.3, 0.4) is 0 Å². The molecule has 0 aliphatic rings. The van der Waals surface area contributed by atoms with Gasteiger partial charge in [0.2, 0.25) is 5.43 Å². The number of carbonyl (C=O) groups is 1. The Kier molecular flexibility index (Phi) is 5.61. The fourth-order valence-electron chi connectivity index (χ4n) is 2.24. The molecule has 0 fully saturated rings. The zero-order valence-corrected chi connectivity index (χ0v) is 13.9. The number of hydrogen-bond donors (Lipinski definition) is 1. The third-order valence-electron chi connectivity index (χ3n) is 3.56. The molecule has 1 aromatic carbocycles. The van der Waals surface area contributed by atoms with Gasteiger partial charge in [-0.1, -0.05) is 19.4 Å². The van der Waals surface area contributed by atoms with Crippen LogP contribution >= 0.6 is 0 Å². The van der Waals surface area contributed by atoms with E-state index >= 15 is 0 Å². The zero-order chi connectivity index (χ0) is 18.6. The minimum absolute atomic E-state index is 0.120. The summed E-state index contributed by atoms with van der Waals surface area (Å²) in [5.74, 6) is -0.640. The van der Waals surface area contributed by atoms with Crippen molar-refractivity contribution in [3.05, 3.63) is 57.5 Å². The molecule has 0 atom stereocenters. The Labute approximate surface area is 142 Å². The molecule has 25 heavy (non-hydrogen) atoms. The van der Waals surface area contributed by atoms with Crippen molar-refractivity contribution >= 4 is 5.91 Å². The van der Waals surface area contributed by atoms with Crippen molar-refractivity contribution in [3.63, 3.8) is 0 Å². The third-order valence-corrected chi connectivity index (χ3v) is 3.56. The lowest BCUT2D eigenvalue weighted by atomic mass is 10.2. The van der Waals surface area contributed by atoms with Crippen molar-refractivity contribution in [2.45, 2.75) is 32.9 Å². The maximum absolute atomic E-state index is 12.9. The van der Waals surface area contributed by atoms with Gasteiger partial charge >= 0.3 is 6.18 Å². The first-order valence-corrected chi connectivity index (χ1v) is 7.81. The molecule has 2 aromatic rings. The van der Waals surface area contributed by atoms with Crippen molar-refractivity contribution in [3.8, 4) is 5.69 Å². The summed E-state index contributed by atoms with van der Waals surface area (Å²) in [5.41, 5.74) is -1.31. The monoisotopic (exact) mass is 353 g/mol. The van der Waals surface area contributed by atoms with E-state index < -0.39 is 23.1 Å². The van der Waals surface area contributed by atoms with Crippen molar-refractivity contribution < 1.29 is 18.0 Å². The molecule has 0 bridgehead atoms. The number of hydrogen-bond acceptors (Lipinski definition) is 3. The Hall–Kier alpha value is -2.64. The Morgan fingerprint density at radius 1 is 1.28 bits per heavy atom. The van der Waals surface area contributed by atoms with E-state index in [0.29, 0.717) is 12.2 Å². The van der Waals surface area contributed by atoms with Gasteiger partial charge in [-0.05, 0) is 31.5 Å². The average Bonchev–Trinajstić information content (AvgIpc) is 2.54. The molecule has 1 amide bonds. The number of carbonyl (C=O) groups excluding carboxylic acids is 1. The predicted octanol–water partition coefficient (Wildman–Crippen LogP) is 3.09. The summed E-state index contributed by atoms with van der Waals surface area (Å²) < 4.78 is 39.8. The second-order valence-corrected chi connectivity index (χ2v) is 5.57. The first-order valence-electron chi connectivity index (χ1n) is 7.81. The standard InChI is InChI=1S/C17H18F3N3O2/c1-3-4-8-21-16(25)15-14(24)9-11(2)23(22-15)13-7-5-6-12(10-13)17(18,19)20/h5-7,9-10H,3-4,8H2,1-2H3,(H,21,25). The number of rotatable bonds is 5. The number of benzene rings is 1. The van der Waals surface area contributed by atoms with E-state index in [9.17, 15) is 22.8 Å². The van der Waals surface area contributed by atoms with Gasteiger partial charge in [-0.2, -0.15) is 18.3 Å². The van der Waals surface area contributed by atoms with Crippen molar-refractivity contribution in [2.24, 2.45) is 0 Å². The lowest BCUT2D eigenvalue weighted by Crippen LogP contribution is -2.32. The Bertz CT molecular complexity index is 829. The van der Waals surface area contributed by atoms with E-state index in [1.165, 1.54) is 25.1 Å². The van der Waals surface area contributed by atoms with Gasteiger partial charge in [0.05, 0.1) is 11.3 Å². The first kappa shape index (κ1) is 18.7. The normalized spacial score (nSPS) is 11.4. The third kappa shape index (κ3) is 4.46. The number of nitrogens with one attached hydrogen (secondary N) is 1. The lowest BCUT2D eigenvalue weighted by molar-refractivity contribution is -0.137. The number of unbranched alkanes of at least 4 members (excludes halogenated alkanes) is 1. The van der Waals surface area contributed by atoms with Gasteiger partial charge in [-0.3, -0.25) is 9.59 Å². The molecule has 0 saturated heterocycles. The zero-order valence-electron chi connectivity index (χ0n) is 13.9. The number of aromatic nitrogens is 2. The van der Waals surface area contributed by atoms with Crippen LogP contribution in [0.4, 0.5) is 13.2 Å². The maximum Gasteiger partial charge on any atom is 0.416 e. The topological polar surface area (TPSA) is 64.0 Å². The molecule has 0 spiro atoms. The van der Waals surface area contributed by atoms with Gasteiger partial charge in [0, 0.05) is 18.3 Å².